The maximum atomic E-state index is 14.2. The molecule has 12 nitrogen and oxygen atoms in total. The predicted molar refractivity (Wildman–Crippen MR) is 191 cm³/mol. The summed E-state index contributed by atoms with van der Waals surface area (Å²) in [7, 11) is 3.83. The van der Waals surface area contributed by atoms with Crippen molar-refractivity contribution in [3.8, 4) is 5.75 Å². The highest BCUT2D eigenvalue weighted by molar-refractivity contribution is 5.91. The average Bonchev–Trinajstić information content (AvgIpc) is 3.55. The summed E-state index contributed by atoms with van der Waals surface area (Å²) in [4.78, 5) is 49.0. The topological polar surface area (TPSA) is 123 Å². The quantitative estimate of drug-likeness (QED) is 0.357. The Balaban J connectivity index is 0.991. The molecule has 268 valence electrons. The second-order valence-corrected chi connectivity index (χ2v) is 14.7. The van der Waals surface area contributed by atoms with Crippen molar-refractivity contribution >= 4 is 34.6 Å². The molecule has 2 N–H and O–H groups in total. The van der Waals surface area contributed by atoms with Crippen LogP contribution >= 0.6 is 0 Å². The standard InChI is InChI=1S/C38H51N7O5/c1-25-20-26(21-30-24-39-41-35(25)30)22-34(36(46)43-15-8-28(9-16-43)27-6-13-42(2)14-7-27)50-38(48)44-17-11-31(12-18-44)45-19-10-29-23-32(49-3)4-5-33(29)40-37(45)47/h4-5,20-21,23-24,27-28,31,34H,6-19,22H2,1-3H3,(H,39,41)(H,40,47)/t34-/m1/s1. The van der Waals surface area contributed by atoms with E-state index < -0.39 is 12.2 Å². The van der Waals surface area contributed by atoms with E-state index in [0.29, 0.717) is 57.9 Å². The monoisotopic (exact) mass is 685 g/mol. The molecule has 3 fully saturated rings. The fourth-order valence-corrected chi connectivity index (χ4v) is 8.58. The van der Waals surface area contributed by atoms with Gasteiger partial charge in [0.15, 0.2) is 6.10 Å². The van der Waals surface area contributed by atoms with Gasteiger partial charge in [0.05, 0.1) is 18.8 Å². The number of carbonyl (C=O) groups excluding carboxylic acids is 3. The lowest BCUT2D eigenvalue weighted by Gasteiger charge is -2.40. The van der Waals surface area contributed by atoms with E-state index in [9.17, 15) is 14.4 Å². The number of ether oxygens (including phenoxy) is 2. The fraction of sp³-hybridized carbons (Fsp3) is 0.579. The Labute approximate surface area is 294 Å². The summed E-state index contributed by atoms with van der Waals surface area (Å²) in [6, 6.07) is 9.67. The minimum absolute atomic E-state index is 0.00297. The van der Waals surface area contributed by atoms with Crippen LogP contribution in [-0.2, 0) is 22.4 Å². The molecule has 0 aliphatic carbocycles. The van der Waals surface area contributed by atoms with E-state index >= 15 is 0 Å². The molecule has 4 amide bonds. The van der Waals surface area contributed by atoms with E-state index in [0.717, 1.165) is 77.3 Å². The Morgan fingerprint density at radius 1 is 0.920 bits per heavy atom. The van der Waals surface area contributed by atoms with Gasteiger partial charge in [0.2, 0.25) is 0 Å². The molecule has 2 aromatic carbocycles. The molecule has 12 heteroatoms. The number of hydrogen-bond donors (Lipinski definition) is 2. The number of rotatable bonds is 7. The first-order valence-corrected chi connectivity index (χ1v) is 18.4. The molecule has 4 aliphatic heterocycles. The number of fused-ring (bicyclic) bond motifs is 2. The van der Waals surface area contributed by atoms with Gasteiger partial charge in [-0.3, -0.25) is 9.89 Å². The first kappa shape index (κ1) is 34.1. The van der Waals surface area contributed by atoms with Crippen LogP contribution in [0.25, 0.3) is 10.9 Å². The lowest BCUT2D eigenvalue weighted by atomic mass is 9.79. The van der Waals surface area contributed by atoms with Crippen LogP contribution in [0.3, 0.4) is 0 Å². The summed E-state index contributed by atoms with van der Waals surface area (Å²) in [5, 5.41) is 11.3. The van der Waals surface area contributed by atoms with Crippen LogP contribution in [0.2, 0.25) is 0 Å². The van der Waals surface area contributed by atoms with Crippen LogP contribution in [0.1, 0.15) is 55.2 Å². The number of piperidine rings is 3. The number of carbonyl (C=O) groups is 3. The summed E-state index contributed by atoms with van der Waals surface area (Å²) < 4.78 is 11.5. The van der Waals surface area contributed by atoms with Gasteiger partial charge in [-0.2, -0.15) is 5.10 Å². The van der Waals surface area contributed by atoms with Crippen LogP contribution in [0.5, 0.6) is 5.75 Å². The Morgan fingerprint density at radius 3 is 2.34 bits per heavy atom. The van der Waals surface area contributed by atoms with Gasteiger partial charge in [0, 0.05) is 56.3 Å². The second kappa shape index (κ2) is 14.9. The zero-order chi connectivity index (χ0) is 34.8. The lowest BCUT2D eigenvalue weighted by molar-refractivity contribution is -0.142. The maximum Gasteiger partial charge on any atom is 0.410 e. The minimum Gasteiger partial charge on any atom is -0.497 e. The normalized spacial score (nSPS) is 20.7. The highest BCUT2D eigenvalue weighted by Crippen LogP contribution is 2.33. The number of aryl methyl sites for hydroxylation is 1. The Morgan fingerprint density at radius 2 is 1.62 bits per heavy atom. The molecule has 3 aromatic rings. The Kier molecular flexibility index (Phi) is 10.2. The van der Waals surface area contributed by atoms with E-state index in [1.807, 2.05) is 47.1 Å². The number of benzene rings is 2. The predicted octanol–water partition coefficient (Wildman–Crippen LogP) is 5.06. The van der Waals surface area contributed by atoms with Crippen molar-refractivity contribution in [1.82, 2.24) is 29.8 Å². The molecule has 0 unspecified atom stereocenters. The SMILES string of the molecule is COc1ccc2c(c1)CCN(C1CCN(C(=O)O[C@H](Cc3cc(C)c4[nH]ncc4c3)C(=O)N3CCC(C4CCN(C)CC4)CC3)CC1)C(=O)N2. The third-order valence-electron chi connectivity index (χ3n) is 11.6. The summed E-state index contributed by atoms with van der Waals surface area (Å²) in [5.74, 6) is 2.02. The van der Waals surface area contributed by atoms with Crippen molar-refractivity contribution in [2.24, 2.45) is 11.8 Å². The number of aromatic nitrogens is 2. The minimum atomic E-state index is -0.921. The summed E-state index contributed by atoms with van der Waals surface area (Å²) in [6.07, 6.45) is 7.15. The molecule has 0 radical (unpaired) electrons. The van der Waals surface area contributed by atoms with Gasteiger partial charge >= 0.3 is 12.1 Å². The van der Waals surface area contributed by atoms with Crippen LogP contribution in [-0.4, -0.2) is 120 Å². The van der Waals surface area contributed by atoms with Crippen LogP contribution in [0.15, 0.2) is 36.5 Å². The second-order valence-electron chi connectivity index (χ2n) is 14.7. The van der Waals surface area contributed by atoms with Gasteiger partial charge in [-0.05, 0) is 125 Å². The zero-order valence-electron chi connectivity index (χ0n) is 29.7. The summed E-state index contributed by atoms with van der Waals surface area (Å²) in [5.41, 5.74) is 4.80. The maximum absolute atomic E-state index is 14.2. The van der Waals surface area contributed by atoms with Crippen molar-refractivity contribution in [2.75, 3.05) is 65.3 Å². The number of H-pyrrole nitrogens is 1. The Hall–Kier alpha value is -4.32. The number of aromatic amines is 1. The molecule has 1 atom stereocenters. The van der Waals surface area contributed by atoms with Crippen molar-refractivity contribution in [3.63, 3.8) is 0 Å². The average molecular weight is 686 g/mol. The highest BCUT2D eigenvalue weighted by Gasteiger charge is 2.37. The van der Waals surface area contributed by atoms with Gasteiger partial charge in [0.25, 0.3) is 5.91 Å². The summed E-state index contributed by atoms with van der Waals surface area (Å²) >= 11 is 0. The van der Waals surface area contributed by atoms with E-state index in [1.165, 1.54) is 12.8 Å². The molecule has 3 saturated heterocycles. The van der Waals surface area contributed by atoms with Gasteiger partial charge in [0.1, 0.15) is 5.75 Å². The molecule has 1 aromatic heterocycles. The Bertz CT molecular complexity index is 1690. The summed E-state index contributed by atoms with van der Waals surface area (Å²) in [6.45, 7) is 7.21. The number of anilines is 1. The molecule has 0 saturated carbocycles. The zero-order valence-corrected chi connectivity index (χ0v) is 29.7. The number of amides is 4. The number of likely N-dealkylation sites (tertiary alicyclic amines) is 3. The van der Waals surface area contributed by atoms with Crippen molar-refractivity contribution in [3.05, 3.63) is 53.2 Å². The smallest absolute Gasteiger partial charge is 0.410 e. The number of hydrogen-bond acceptors (Lipinski definition) is 7. The van der Waals surface area contributed by atoms with Crippen LogP contribution in [0, 0.1) is 18.8 Å². The van der Waals surface area contributed by atoms with Crippen molar-refractivity contribution in [2.45, 2.75) is 70.4 Å². The van der Waals surface area contributed by atoms with Gasteiger partial charge in [-0.1, -0.05) is 6.07 Å². The van der Waals surface area contributed by atoms with E-state index in [-0.39, 0.29) is 18.0 Å². The lowest BCUT2D eigenvalue weighted by Crippen LogP contribution is -2.52. The van der Waals surface area contributed by atoms with E-state index in [4.69, 9.17) is 9.47 Å². The van der Waals surface area contributed by atoms with Gasteiger partial charge in [-0.25, -0.2) is 9.59 Å². The molecular weight excluding hydrogens is 634 g/mol. The van der Waals surface area contributed by atoms with Crippen LogP contribution < -0.4 is 10.1 Å². The highest BCUT2D eigenvalue weighted by atomic mass is 16.6. The third kappa shape index (κ3) is 7.40. The number of nitrogens with one attached hydrogen (secondary N) is 2. The molecule has 0 bridgehead atoms. The number of methoxy groups -OCH3 is 1. The van der Waals surface area contributed by atoms with E-state index in [2.05, 4.69) is 27.5 Å². The van der Waals surface area contributed by atoms with Gasteiger partial charge < -0.3 is 34.4 Å². The molecule has 7 rings (SSSR count). The molecule has 0 spiro atoms. The third-order valence-corrected chi connectivity index (χ3v) is 11.6. The molecule has 4 aliphatic rings. The first-order chi connectivity index (χ1) is 24.2. The molecule has 50 heavy (non-hydrogen) atoms. The number of nitrogens with zero attached hydrogens (tertiary/aromatic N) is 5. The molecule has 5 heterocycles. The fourth-order valence-electron chi connectivity index (χ4n) is 8.58. The largest absolute Gasteiger partial charge is 0.497 e. The van der Waals surface area contributed by atoms with Crippen molar-refractivity contribution < 1.29 is 23.9 Å². The number of urea groups is 1. The van der Waals surface area contributed by atoms with Crippen LogP contribution in [0.4, 0.5) is 15.3 Å². The van der Waals surface area contributed by atoms with Crippen molar-refractivity contribution in [1.29, 1.82) is 0 Å². The molecular formula is C38H51N7O5. The van der Waals surface area contributed by atoms with Gasteiger partial charge in [-0.15, -0.1) is 0 Å². The first-order valence-electron chi connectivity index (χ1n) is 18.4. The van der Waals surface area contributed by atoms with E-state index in [1.54, 1.807) is 18.2 Å².